The molecule has 0 saturated heterocycles. The molecule has 0 atom stereocenters. The monoisotopic (exact) mass is 377 g/mol. The summed E-state index contributed by atoms with van der Waals surface area (Å²) < 4.78 is 38.9. The first kappa shape index (κ1) is 20.3. The molecule has 0 radical (unpaired) electrons. The summed E-state index contributed by atoms with van der Waals surface area (Å²) in [7, 11) is -2.21. The number of hydrogen-bond acceptors (Lipinski definition) is 4. The first-order valence-electron chi connectivity index (χ1n) is 8.51. The lowest BCUT2D eigenvalue weighted by Crippen LogP contribution is -2.29. The quantitative estimate of drug-likeness (QED) is 0.749. The van der Waals surface area contributed by atoms with E-state index in [1.807, 2.05) is 46.8 Å². The van der Waals surface area contributed by atoms with Gasteiger partial charge >= 0.3 is 0 Å². The van der Waals surface area contributed by atoms with Gasteiger partial charge in [0.05, 0.1) is 7.11 Å². The molecule has 2 rings (SSSR count). The van der Waals surface area contributed by atoms with Gasteiger partial charge in [-0.2, -0.15) is 0 Å². The molecular weight excluding hydrogens is 350 g/mol. The van der Waals surface area contributed by atoms with Crippen LogP contribution in [0.15, 0.2) is 29.2 Å². The first-order valence-corrected chi connectivity index (χ1v) is 9.99. The number of rotatable bonds is 7. The number of sulfonamides is 1. The molecule has 0 bridgehead atoms. The van der Waals surface area contributed by atoms with Gasteiger partial charge in [-0.05, 0) is 69.0 Å². The SMILES string of the molecule is COc1cc(C)c(C)cc1S(=O)(=O)NCCOc1c(C)cc(C)cc1C. The van der Waals surface area contributed by atoms with Gasteiger partial charge in [-0.15, -0.1) is 0 Å². The molecular formula is C20H27NO4S. The van der Waals surface area contributed by atoms with Crippen molar-refractivity contribution in [2.24, 2.45) is 0 Å². The van der Waals surface area contributed by atoms with Crippen molar-refractivity contribution in [1.82, 2.24) is 4.72 Å². The average Bonchev–Trinajstić information content (AvgIpc) is 2.55. The molecule has 0 amide bonds. The summed E-state index contributed by atoms with van der Waals surface area (Å²) in [5.74, 6) is 1.14. The molecule has 26 heavy (non-hydrogen) atoms. The second kappa shape index (κ2) is 8.10. The summed E-state index contributed by atoms with van der Waals surface area (Å²) >= 11 is 0. The fourth-order valence-electron chi connectivity index (χ4n) is 2.93. The zero-order valence-corrected chi connectivity index (χ0v) is 17.1. The van der Waals surface area contributed by atoms with Crippen LogP contribution in [-0.4, -0.2) is 28.7 Å². The van der Waals surface area contributed by atoms with Crippen molar-refractivity contribution in [2.45, 2.75) is 39.5 Å². The minimum absolute atomic E-state index is 0.144. The highest BCUT2D eigenvalue weighted by Gasteiger charge is 2.20. The van der Waals surface area contributed by atoms with Crippen molar-refractivity contribution in [3.63, 3.8) is 0 Å². The van der Waals surface area contributed by atoms with E-state index in [9.17, 15) is 8.42 Å². The summed E-state index contributed by atoms with van der Waals surface area (Å²) in [6.07, 6.45) is 0. The van der Waals surface area contributed by atoms with E-state index in [0.717, 1.165) is 28.0 Å². The van der Waals surface area contributed by atoms with Crippen LogP contribution in [0.3, 0.4) is 0 Å². The van der Waals surface area contributed by atoms with E-state index in [2.05, 4.69) is 4.72 Å². The van der Waals surface area contributed by atoms with Crippen LogP contribution in [-0.2, 0) is 10.0 Å². The van der Waals surface area contributed by atoms with Crippen LogP contribution in [0.5, 0.6) is 11.5 Å². The summed E-state index contributed by atoms with van der Waals surface area (Å²) in [5.41, 5.74) is 5.14. The topological polar surface area (TPSA) is 64.6 Å². The maximum atomic E-state index is 12.6. The minimum Gasteiger partial charge on any atom is -0.495 e. The van der Waals surface area contributed by atoms with Crippen molar-refractivity contribution < 1.29 is 17.9 Å². The van der Waals surface area contributed by atoms with Crippen LogP contribution >= 0.6 is 0 Å². The van der Waals surface area contributed by atoms with Crippen LogP contribution in [0, 0.1) is 34.6 Å². The molecule has 0 spiro atoms. The Hall–Kier alpha value is -2.05. The third kappa shape index (κ3) is 4.56. The van der Waals surface area contributed by atoms with E-state index in [-0.39, 0.29) is 18.0 Å². The molecule has 0 aliphatic rings. The lowest BCUT2D eigenvalue weighted by molar-refractivity contribution is 0.318. The average molecular weight is 378 g/mol. The number of hydrogen-bond donors (Lipinski definition) is 1. The van der Waals surface area contributed by atoms with E-state index in [0.29, 0.717) is 5.75 Å². The molecule has 0 aromatic heterocycles. The van der Waals surface area contributed by atoms with Crippen LogP contribution in [0.4, 0.5) is 0 Å². The lowest BCUT2D eigenvalue weighted by atomic mass is 10.1. The smallest absolute Gasteiger partial charge is 0.244 e. The first-order chi connectivity index (χ1) is 12.2. The molecule has 142 valence electrons. The molecule has 0 aliphatic heterocycles. The molecule has 1 N–H and O–H groups in total. The Kier molecular flexibility index (Phi) is 6.31. The predicted octanol–water partition coefficient (Wildman–Crippen LogP) is 3.59. The molecule has 2 aromatic rings. The van der Waals surface area contributed by atoms with Crippen molar-refractivity contribution in [2.75, 3.05) is 20.3 Å². The zero-order chi connectivity index (χ0) is 19.5. The Morgan fingerprint density at radius 2 is 1.46 bits per heavy atom. The third-order valence-corrected chi connectivity index (χ3v) is 5.80. The Bertz CT molecular complexity index is 881. The second-order valence-electron chi connectivity index (χ2n) is 6.56. The molecule has 5 nitrogen and oxygen atoms in total. The zero-order valence-electron chi connectivity index (χ0n) is 16.3. The molecule has 0 fully saturated rings. The molecule has 6 heteroatoms. The highest BCUT2D eigenvalue weighted by Crippen LogP contribution is 2.27. The lowest BCUT2D eigenvalue weighted by Gasteiger charge is -2.15. The number of methoxy groups -OCH3 is 1. The van der Waals surface area contributed by atoms with Crippen LogP contribution in [0.25, 0.3) is 0 Å². The van der Waals surface area contributed by atoms with Crippen LogP contribution in [0.1, 0.15) is 27.8 Å². The highest BCUT2D eigenvalue weighted by atomic mass is 32.2. The van der Waals surface area contributed by atoms with Gasteiger partial charge in [-0.1, -0.05) is 17.7 Å². The van der Waals surface area contributed by atoms with E-state index in [4.69, 9.17) is 9.47 Å². The standard InChI is InChI=1S/C20H27NO4S/c1-13-9-16(4)20(17(5)10-13)25-8-7-21-26(22,23)19-12-15(3)14(2)11-18(19)24-6/h9-12,21H,7-8H2,1-6H3. The van der Waals surface area contributed by atoms with Gasteiger partial charge in [-0.25, -0.2) is 13.1 Å². The van der Waals surface area contributed by atoms with E-state index in [1.165, 1.54) is 12.7 Å². The third-order valence-electron chi connectivity index (χ3n) is 4.31. The predicted molar refractivity (Wildman–Crippen MR) is 104 cm³/mol. The van der Waals surface area contributed by atoms with Crippen molar-refractivity contribution in [3.05, 3.63) is 52.1 Å². The van der Waals surface area contributed by atoms with Gasteiger partial charge in [0.1, 0.15) is 23.0 Å². The van der Waals surface area contributed by atoms with Crippen LogP contribution in [0.2, 0.25) is 0 Å². The van der Waals surface area contributed by atoms with Crippen molar-refractivity contribution in [1.29, 1.82) is 0 Å². The van der Waals surface area contributed by atoms with Gasteiger partial charge < -0.3 is 9.47 Å². The van der Waals surface area contributed by atoms with E-state index < -0.39 is 10.0 Å². The van der Waals surface area contributed by atoms with Gasteiger partial charge in [-0.3, -0.25) is 0 Å². The summed E-state index contributed by atoms with van der Waals surface area (Å²) in [6.45, 7) is 10.2. The van der Waals surface area contributed by atoms with E-state index in [1.54, 1.807) is 12.1 Å². The molecule has 0 heterocycles. The Morgan fingerprint density at radius 1 is 0.885 bits per heavy atom. The Labute approximate surface area is 156 Å². The minimum atomic E-state index is -3.68. The fourth-order valence-corrected chi connectivity index (χ4v) is 4.18. The second-order valence-corrected chi connectivity index (χ2v) is 8.30. The number of nitrogens with one attached hydrogen (secondary N) is 1. The van der Waals surface area contributed by atoms with Gasteiger partial charge in [0.15, 0.2) is 0 Å². The summed E-state index contributed by atoms with van der Waals surface area (Å²) in [6, 6.07) is 7.46. The Morgan fingerprint density at radius 3 is 2.04 bits per heavy atom. The Balaban J connectivity index is 2.07. The number of ether oxygens (including phenoxy) is 2. The summed E-state index contributed by atoms with van der Waals surface area (Å²) in [4.78, 5) is 0.144. The fraction of sp³-hybridized carbons (Fsp3) is 0.400. The molecule has 0 saturated carbocycles. The largest absolute Gasteiger partial charge is 0.495 e. The maximum Gasteiger partial charge on any atom is 0.244 e. The normalized spacial score (nSPS) is 11.5. The maximum absolute atomic E-state index is 12.6. The molecule has 2 aromatic carbocycles. The molecule has 0 unspecified atom stereocenters. The molecule has 0 aliphatic carbocycles. The highest BCUT2D eigenvalue weighted by molar-refractivity contribution is 7.89. The van der Waals surface area contributed by atoms with Gasteiger partial charge in [0.25, 0.3) is 0 Å². The van der Waals surface area contributed by atoms with Crippen molar-refractivity contribution >= 4 is 10.0 Å². The van der Waals surface area contributed by atoms with Crippen molar-refractivity contribution in [3.8, 4) is 11.5 Å². The van der Waals surface area contributed by atoms with Crippen LogP contribution < -0.4 is 14.2 Å². The van der Waals surface area contributed by atoms with Gasteiger partial charge in [0.2, 0.25) is 10.0 Å². The number of aryl methyl sites for hydroxylation is 5. The number of benzene rings is 2. The summed E-state index contributed by atoms with van der Waals surface area (Å²) in [5, 5.41) is 0. The van der Waals surface area contributed by atoms with E-state index >= 15 is 0 Å². The van der Waals surface area contributed by atoms with Gasteiger partial charge in [0, 0.05) is 6.54 Å².